The molecule has 7 nitrogen and oxygen atoms in total. The van der Waals surface area contributed by atoms with Gasteiger partial charge in [-0.05, 0) is 19.1 Å². The molecule has 22 heavy (non-hydrogen) atoms. The van der Waals surface area contributed by atoms with E-state index in [1.807, 2.05) is 35.8 Å². The number of aryl methyl sites for hydroxylation is 1. The standard InChI is InChI=1S/C15H13N7/c1-2-22-8-18-12-13(16)20-14(21-15(12)22)11-7-17-9-5-3-4-6-10(9)19-11/h3-8H,2H2,1H3,(H2,16,20,21). The molecule has 7 heteroatoms. The van der Waals surface area contributed by atoms with Gasteiger partial charge in [0.2, 0.25) is 0 Å². The highest BCUT2D eigenvalue weighted by atomic mass is 15.1. The lowest BCUT2D eigenvalue weighted by molar-refractivity contribution is 0.777. The predicted octanol–water partition coefficient (Wildman–Crippen LogP) is 2.04. The van der Waals surface area contributed by atoms with E-state index in [0.717, 1.165) is 17.6 Å². The number of aromatic nitrogens is 6. The number of hydrogen-bond donors (Lipinski definition) is 1. The van der Waals surface area contributed by atoms with Crippen molar-refractivity contribution in [3.63, 3.8) is 0 Å². The lowest BCUT2D eigenvalue weighted by atomic mass is 10.3. The molecule has 3 aromatic heterocycles. The molecule has 0 amide bonds. The van der Waals surface area contributed by atoms with Crippen molar-refractivity contribution in [2.45, 2.75) is 13.5 Å². The number of nitrogens with zero attached hydrogens (tertiary/aromatic N) is 6. The van der Waals surface area contributed by atoms with Crippen LogP contribution in [0, 0.1) is 0 Å². The van der Waals surface area contributed by atoms with Crippen LogP contribution in [0.5, 0.6) is 0 Å². The molecule has 0 saturated heterocycles. The Morgan fingerprint density at radius 2 is 1.86 bits per heavy atom. The third kappa shape index (κ3) is 1.86. The minimum absolute atomic E-state index is 0.349. The van der Waals surface area contributed by atoms with Crippen LogP contribution in [0.2, 0.25) is 0 Å². The quantitative estimate of drug-likeness (QED) is 0.607. The lowest BCUT2D eigenvalue weighted by Crippen LogP contribution is -2.02. The van der Waals surface area contributed by atoms with Gasteiger partial charge in [0.25, 0.3) is 0 Å². The van der Waals surface area contributed by atoms with Gasteiger partial charge in [0, 0.05) is 6.54 Å². The van der Waals surface area contributed by atoms with Crippen LogP contribution in [0.25, 0.3) is 33.7 Å². The maximum absolute atomic E-state index is 6.00. The minimum atomic E-state index is 0.349. The van der Waals surface area contributed by atoms with Crippen molar-refractivity contribution < 1.29 is 0 Å². The Bertz CT molecular complexity index is 990. The smallest absolute Gasteiger partial charge is 0.184 e. The molecule has 4 aromatic rings. The van der Waals surface area contributed by atoms with Crippen molar-refractivity contribution in [1.82, 2.24) is 29.5 Å². The highest BCUT2D eigenvalue weighted by molar-refractivity contribution is 5.84. The summed E-state index contributed by atoms with van der Waals surface area (Å²) in [6.07, 6.45) is 3.38. The van der Waals surface area contributed by atoms with Crippen LogP contribution in [-0.2, 0) is 6.54 Å². The van der Waals surface area contributed by atoms with Crippen molar-refractivity contribution in [3.8, 4) is 11.5 Å². The average molecular weight is 291 g/mol. The number of benzene rings is 1. The van der Waals surface area contributed by atoms with Crippen LogP contribution in [0.15, 0.2) is 36.8 Å². The zero-order chi connectivity index (χ0) is 15.1. The number of fused-ring (bicyclic) bond motifs is 2. The first-order chi connectivity index (χ1) is 10.8. The topological polar surface area (TPSA) is 95.4 Å². The molecule has 0 saturated carbocycles. The van der Waals surface area contributed by atoms with Gasteiger partial charge >= 0.3 is 0 Å². The average Bonchev–Trinajstić information content (AvgIpc) is 2.98. The second-order valence-corrected chi connectivity index (χ2v) is 4.88. The van der Waals surface area contributed by atoms with Crippen molar-refractivity contribution >= 4 is 28.0 Å². The molecule has 0 aliphatic rings. The molecule has 0 unspecified atom stereocenters. The van der Waals surface area contributed by atoms with E-state index in [-0.39, 0.29) is 0 Å². The SMILES string of the molecule is CCn1cnc2c(N)nc(-c3cnc4ccccc4n3)nc21. The minimum Gasteiger partial charge on any atom is -0.382 e. The van der Waals surface area contributed by atoms with Gasteiger partial charge in [-0.2, -0.15) is 0 Å². The van der Waals surface area contributed by atoms with Crippen LogP contribution >= 0.6 is 0 Å². The van der Waals surface area contributed by atoms with E-state index in [4.69, 9.17) is 5.73 Å². The summed E-state index contributed by atoms with van der Waals surface area (Å²) >= 11 is 0. The predicted molar refractivity (Wildman–Crippen MR) is 83.9 cm³/mol. The highest BCUT2D eigenvalue weighted by Gasteiger charge is 2.13. The lowest BCUT2D eigenvalue weighted by Gasteiger charge is -2.04. The molecule has 0 aliphatic carbocycles. The molecule has 1 aromatic carbocycles. The van der Waals surface area contributed by atoms with Gasteiger partial charge in [0.05, 0.1) is 23.6 Å². The van der Waals surface area contributed by atoms with Crippen molar-refractivity contribution in [3.05, 3.63) is 36.8 Å². The third-order valence-corrected chi connectivity index (χ3v) is 3.51. The highest BCUT2D eigenvalue weighted by Crippen LogP contribution is 2.22. The fourth-order valence-corrected chi connectivity index (χ4v) is 2.38. The molecule has 3 heterocycles. The molecule has 0 radical (unpaired) electrons. The number of imidazole rings is 1. The molecular weight excluding hydrogens is 278 g/mol. The van der Waals surface area contributed by atoms with E-state index >= 15 is 0 Å². The zero-order valence-electron chi connectivity index (χ0n) is 11.9. The van der Waals surface area contributed by atoms with Crippen LogP contribution in [0.1, 0.15) is 6.92 Å². The third-order valence-electron chi connectivity index (χ3n) is 3.51. The van der Waals surface area contributed by atoms with Gasteiger partial charge in [0.15, 0.2) is 17.3 Å². The molecule has 0 aliphatic heterocycles. The second kappa shape index (κ2) is 4.73. The monoisotopic (exact) mass is 291 g/mol. The summed E-state index contributed by atoms with van der Waals surface area (Å²) in [6, 6.07) is 7.67. The van der Waals surface area contributed by atoms with Crippen molar-refractivity contribution in [2.24, 2.45) is 0 Å². The van der Waals surface area contributed by atoms with Crippen LogP contribution in [-0.4, -0.2) is 29.5 Å². The number of nitrogens with two attached hydrogens (primary N) is 1. The normalized spacial score (nSPS) is 11.3. The second-order valence-electron chi connectivity index (χ2n) is 4.88. The number of anilines is 1. The Kier molecular flexibility index (Phi) is 2.72. The molecule has 4 rings (SSSR count). The Hall–Kier alpha value is -3.09. The first-order valence-corrected chi connectivity index (χ1v) is 6.97. The van der Waals surface area contributed by atoms with E-state index in [1.54, 1.807) is 12.5 Å². The maximum atomic E-state index is 6.00. The Labute approximate surface area is 125 Å². The number of para-hydroxylation sites is 2. The fourth-order valence-electron chi connectivity index (χ4n) is 2.38. The maximum Gasteiger partial charge on any atom is 0.184 e. The largest absolute Gasteiger partial charge is 0.382 e. The van der Waals surface area contributed by atoms with Gasteiger partial charge in [0.1, 0.15) is 11.2 Å². The summed E-state index contributed by atoms with van der Waals surface area (Å²) in [5.74, 6) is 0.806. The van der Waals surface area contributed by atoms with E-state index in [9.17, 15) is 0 Å². The number of rotatable bonds is 2. The van der Waals surface area contributed by atoms with Gasteiger partial charge in [-0.25, -0.2) is 19.9 Å². The van der Waals surface area contributed by atoms with Crippen molar-refractivity contribution in [1.29, 1.82) is 0 Å². The van der Waals surface area contributed by atoms with Gasteiger partial charge < -0.3 is 10.3 Å². The van der Waals surface area contributed by atoms with E-state index in [0.29, 0.717) is 28.5 Å². The van der Waals surface area contributed by atoms with Crippen LogP contribution in [0.3, 0.4) is 0 Å². The summed E-state index contributed by atoms with van der Waals surface area (Å²) in [6.45, 7) is 2.78. The van der Waals surface area contributed by atoms with Gasteiger partial charge in [-0.3, -0.25) is 4.98 Å². The molecule has 0 fully saturated rings. The van der Waals surface area contributed by atoms with E-state index in [1.165, 1.54) is 0 Å². The Morgan fingerprint density at radius 3 is 2.68 bits per heavy atom. The molecule has 108 valence electrons. The Balaban J connectivity index is 1.95. The summed E-state index contributed by atoms with van der Waals surface area (Å²) in [7, 11) is 0. The van der Waals surface area contributed by atoms with Gasteiger partial charge in [-0.15, -0.1) is 0 Å². The molecular formula is C15H13N7. The molecule has 0 atom stereocenters. The van der Waals surface area contributed by atoms with Crippen LogP contribution < -0.4 is 5.73 Å². The van der Waals surface area contributed by atoms with Gasteiger partial charge in [-0.1, -0.05) is 12.1 Å². The molecule has 0 bridgehead atoms. The first-order valence-electron chi connectivity index (χ1n) is 6.97. The number of nitrogen functional groups attached to an aromatic ring is 1. The van der Waals surface area contributed by atoms with Crippen molar-refractivity contribution in [2.75, 3.05) is 5.73 Å². The van der Waals surface area contributed by atoms with Crippen LogP contribution in [0.4, 0.5) is 5.82 Å². The Morgan fingerprint density at radius 1 is 1.05 bits per heavy atom. The fraction of sp³-hybridized carbons (Fsp3) is 0.133. The molecule has 0 spiro atoms. The van der Waals surface area contributed by atoms with E-state index < -0.39 is 0 Å². The first kappa shape index (κ1) is 12.6. The zero-order valence-corrected chi connectivity index (χ0v) is 11.9. The number of hydrogen-bond acceptors (Lipinski definition) is 6. The summed E-state index contributed by atoms with van der Waals surface area (Å²) in [4.78, 5) is 22.1. The summed E-state index contributed by atoms with van der Waals surface area (Å²) < 4.78 is 1.92. The van der Waals surface area contributed by atoms with E-state index in [2.05, 4.69) is 24.9 Å². The summed E-state index contributed by atoms with van der Waals surface area (Å²) in [5.41, 5.74) is 9.54. The summed E-state index contributed by atoms with van der Waals surface area (Å²) in [5, 5.41) is 0. The molecule has 2 N–H and O–H groups in total.